The summed E-state index contributed by atoms with van der Waals surface area (Å²) in [5.74, 6) is -5.70. The van der Waals surface area contributed by atoms with Crippen molar-refractivity contribution in [3.05, 3.63) is 22.1 Å². The molecule has 1 heterocycles. The van der Waals surface area contributed by atoms with Gasteiger partial charge in [0.25, 0.3) is 5.56 Å². The molecule has 0 saturated heterocycles. The minimum Gasteiger partial charge on any atom is -0.503 e. The molecule has 0 fully saturated rings. The molecular weight excluding hydrogens is 276 g/mol. The molecule has 0 unspecified atom stereocenters. The van der Waals surface area contributed by atoms with Gasteiger partial charge in [0.1, 0.15) is 0 Å². The molecule has 10 nitrogen and oxygen atoms in total. The molecule has 8 N–H and O–H groups in total. The molecule has 0 aliphatic rings. The van der Waals surface area contributed by atoms with Crippen LogP contribution in [0.1, 0.15) is 12.0 Å². The Morgan fingerprint density at radius 1 is 0.900 bits per heavy atom. The van der Waals surface area contributed by atoms with Gasteiger partial charge in [0.15, 0.2) is 23.5 Å². The highest BCUT2D eigenvalue weighted by atomic mass is 16.5. The van der Waals surface area contributed by atoms with Crippen LogP contribution in [0.4, 0.5) is 0 Å². The lowest BCUT2D eigenvalue weighted by atomic mass is 10.2. The Bertz CT molecular complexity index is 701. The maximum atomic E-state index is 11.6. The van der Waals surface area contributed by atoms with Gasteiger partial charge in [-0.25, -0.2) is 4.68 Å². The van der Waals surface area contributed by atoms with E-state index in [1.807, 2.05) is 0 Å². The number of aliphatic hydroxyl groups excluding tert-OH is 1. The highest BCUT2D eigenvalue weighted by Crippen LogP contribution is 2.51. The first-order valence-electron chi connectivity index (χ1n) is 5.13. The zero-order chi connectivity index (χ0) is 15.2. The van der Waals surface area contributed by atoms with Crippen LogP contribution in [-0.2, 0) is 0 Å². The SMILES string of the molecule is O=c1cc(C(O)O)[nH]n1-c1c(O)c(O)c(O)c(O)c1O. The van der Waals surface area contributed by atoms with Gasteiger partial charge in [0.2, 0.25) is 17.2 Å². The van der Waals surface area contributed by atoms with Gasteiger partial charge < -0.3 is 35.7 Å². The number of aromatic nitrogens is 2. The minimum absolute atomic E-state index is 0.360. The van der Waals surface area contributed by atoms with Crippen LogP contribution in [0.15, 0.2) is 10.9 Å². The van der Waals surface area contributed by atoms with E-state index >= 15 is 0 Å². The van der Waals surface area contributed by atoms with Crippen LogP contribution in [0.25, 0.3) is 5.69 Å². The Morgan fingerprint density at radius 3 is 1.75 bits per heavy atom. The number of benzene rings is 1. The molecule has 2 aromatic rings. The van der Waals surface area contributed by atoms with Gasteiger partial charge in [0.05, 0.1) is 5.69 Å². The Morgan fingerprint density at radius 2 is 1.35 bits per heavy atom. The first-order valence-corrected chi connectivity index (χ1v) is 5.13. The van der Waals surface area contributed by atoms with Crippen molar-refractivity contribution in [3.63, 3.8) is 0 Å². The lowest BCUT2D eigenvalue weighted by Gasteiger charge is -2.12. The third-order valence-corrected chi connectivity index (χ3v) is 2.59. The second-order valence-corrected chi connectivity index (χ2v) is 3.85. The molecule has 108 valence electrons. The van der Waals surface area contributed by atoms with Crippen molar-refractivity contribution in [2.75, 3.05) is 0 Å². The molecule has 0 radical (unpaired) electrons. The van der Waals surface area contributed by atoms with Crippen molar-refractivity contribution in [1.29, 1.82) is 0 Å². The van der Waals surface area contributed by atoms with Crippen LogP contribution in [0.3, 0.4) is 0 Å². The highest BCUT2D eigenvalue weighted by molar-refractivity contribution is 5.73. The Kier molecular flexibility index (Phi) is 2.96. The third kappa shape index (κ3) is 1.79. The second-order valence-electron chi connectivity index (χ2n) is 3.85. The minimum atomic E-state index is -2.02. The average Bonchev–Trinajstić information content (AvgIpc) is 2.77. The van der Waals surface area contributed by atoms with Gasteiger partial charge in [-0.05, 0) is 0 Å². The maximum absolute atomic E-state index is 11.6. The van der Waals surface area contributed by atoms with Crippen LogP contribution in [-0.4, -0.2) is 45.5 Å². The predicted octanol–water partition coefficient (Wildman–Crippen LogP) is -1.32. The number of aromatic amines is 1. The zero-order valence-corrected chi connectivity index (χ0v) is 9.64. The van der Waals surface area contributed by atoms with E-state index < -0.39 is 46.3 Å². The summed E-state index contributed by atoms with van der Waals surface area (Å²) < 4.78 is 0.443. The molecule has 2 rings (SSSR count). The molecule has 0 amide bonds. The summed E-state index contributed by atoms with van der Waals surface area (Å²) in [5, 5.41) is 67.1. The molecular formula is C10H10N2O8. The molecule has 0 aliphatic carbocycles. The Balaban J connectivity index is 2.80. The Hall–Kier alpha value is -2.85. The summed E-state index contributed by atoms with van der Waals surface area (Å²) in [6, 6.07) is 0.754. The van der Waals surface area contributed by atoms with Gasteiger partial charge in [-0.1, -0.05) is 0 Å². The molecule has 0 bridgehead atoms. The summed E-state index contributed by atoms with van der Waals surface area (Å²) in [5.41, 5.74) is -2.06. The number of hydrogen-bond donors (Lipinski definition) is 8. The van der Waals surface area contributed by atoms with Crippen LogP contribution < -0.4 is 5.56 Å². The van der Waals surface area contributed by atoms with Crippen LogP contribution in [0, 0.1) is 0 Å². The van der Waals surface area contributed by atoms with Gasteiger partial charge in [-0.3, -0.25) is 9.89 Å². The van der Waals surface area contributed by atoms with E-state index in [0.717, 1.165) is 6.07 Å². The molecule has 1 aromatic carbocycles. The summed E-state index contributed by atoms with van der Waals surface area (Å²) in [4.78, 5) is 11.6. The van der Waals surface area contributed by atoms with Crippen LogP contribution >= 0.6 is 0 Å². The van der Waals surface area contributed by atoms with E-state index in [9.17, 15) is 30.3 Å². The molecule has 0 aliphatic heterocycles. The fourth-order valence-electron chi connectivity index (χ4n) is 1.60. The van der Waals surface area contributed by atoms with E-state index in [4.69, 9.17) is 10.2 Å². The van der Waals surface area contributed by atoms with Crippen molar-refractivity contribution >= 4 is 0 Å². The van der Waals surface area contributed by atoms with Crippen molar-refractivity contribution < 1.29 is 35.7 Å². The number of H-pyrrole nitrogens is 1. The second kappa shape index (κ2) is 4.36. The van der Waals surface area contributed by atoms with Gasteiger partial charge >= 0.3 is 0 Å². The lowest BCUT2D eigenvalue weighted by molar-refractivity contribution is -0.0460. The number of hydrogen-bond acceptors (Lipinski definition) is 8. The zero-order valence-electron chi connectivity index (χ0n) is 9.64. The highest BCUT2D eigenvalue weighted by Gasteiger charge is 2.26. The summed E-state index contributed by atoms with van der Waals surface area (Å²) in [7, 11) is 0. The molecule has 10 heteroatoms. The van der Waals surface area contributed by atoms with E-state index in [0.29, 0.717) is 4.68 Å². The maximum Gasteiger partial charge on any atom is 0.271 e. The first kappa shape index (κ1) is 13.6. The normalized spacial score (nSPS) is 11.2. The van der Waals surface area contributed by atoms with Gasteiger partial charge in [-0.2, -0.15) is 0 Å². The predicted molar refractivity (Wildman–Crippen MR) is 61.9 cm³/mol. The average molecular weight is 286 g/mol. The van der Waals surface area contributed by atoms with Crippen molar-refractivity contribution in [1.82, 2.24) is 9.78 Å². The number of nitrogens with zero attached hydrogens (tertiary/aromatic N) is 1. The fraction of sp³-hybridized carbons (Fsp3) is 0.100. The van der Waals surface area contributed by atoms with Crippen molar-refractivity contribution in [3.8, 4) is 34.4 Å². The van der Waals surface area contributed by atoms with E-state index in [2.05, 4.69) is 5.10 Å². The smallest absolute Gasteiger partial charge is 0.271 e. The largest absolute Gasteiger partial charge is 0.503 e. The number of nitrogens with one attached hydrogen (secondary N) is 1. The monoisotopic (exact) mass is 286 g/mol. The van der Waals surface area contributed by atoms with Crippen LogP contribution in [0.2, 0.25) is 0 Å². The number of phenolic OH excluding ortho intramolecular Hbond substituents is 5. The topological polar surface area (TPSA) is 179 Å². The van der Waals surface area contributed by atoms with Crippen molar-refractivity contribution in [2.24, 2.45) is 0 Å². The number of rotatable bonds is 2. The number of aromatic hydroxyl groups is 5. The quantitative estimate of drug-likeness (QED) is 0.190. The lowest BCUT2D eigenvalue weighted by Crippen LogP contribution is -2.14. The molecule has 0 saturated carbocycles. The molecule has 1 aromatic heterocycles. The van der Waals surface area contributed by atoms with Gasteiger partial charge in [-0.15, -0.1) is 0 Å². The van der Waals surface area contributed by atoms with E-state index in [1.54, 1.807) is 0 Å². The number of aliphatic hydroxyl groups is 2. The molecule has 0 atom stereocenters. The van der Waals surface area contributed by atoms with Crippen LogP contribution in [0.5, 0.6) is 28.7 Å². The summed E-state index contributed by atoms with van der Waals surface area (Å²) >= 11 is 0. The van der Waals surface area contributed by atoms with Gasteiger partial charge in [0, 0.05) is 6.07 Å². The van der Waals surface area contributed by atoms with E-state index in [1.165, 1.54) is 0 Å². The first-order chi connectivity index (χ1) is 9.25. The van der Waals surface area contributed by atoms with Crippen molar-refractivity contribution in [2.45, 2.75) is 6.29 Å². The standard InChI is InChI=1S/C10H10N2O8/c13-3-1-2(10(19)20)11-12(3)4-5(14)7(16)9(18)8(17)6(4)15/h1,10-11,14-20H. The number of phenols is 5. The Labute approximate surface area is 109 Å². The fourth-order valence-corrected chi connectivity index (χ4v) is 1.60. The molecule has 0 spiro atoms. The summed E-state index contributed by atoms with van der Waals surface area (Å²) in [6.07, 6.45) is -2.02. The summed E-state index contributed by atoms with van der Waals surface area (Å²) in [6.45, 7) is 0. The van der Waals surface area contributed by atoms with E-state index in [-0.39, 0.29) is 5.69 Å². The molecule has 20 heavy (non-hydrogen) atoms. The third-order valence-electron chi connectivity index (χ3n) is 2.59.